The number of hydrogen-bond donors (Lipinski definition) is 0. The van der Waals surface area contributed by atoms with Gasteiger partial charge in [-0.2, -0.15) is 0 Å². The predicted molar refractivity (Wildman–Crippen MR) is 67.1 cm³/mol. The Morgan fingerprint density at radius 3 is 2.84 bits per heavy atom. The monoisotopic (exact) mass is 269 g/mol. The zero-order valence-electron chi connectivity index (χ0n) is 11.0. The van der Waals surface area contributed by atoms with Gasteiger partial charge in [-0.05, 0) is 26.0 Å². The van der Waals surface area contributed by atoms with Crippen LogP contribution in [-0.4, -0.2) is 42.5 Å². The van der Waals surface area contributed by atoms with Crippen LogP contribution in [0.3, 0.4) is 0 Å². The molecular weight excluding hydrogens is 252 g/mol. The summed E-state index contributed by atoms with van der Waals surface area (Å²) in [5.41, 5.74) is -0.240. The molecule has 19 heavy (non-hydrogen) atoms. The molecule has 1 atom stereocenters. The number of carbonyl (C=O) groups is 1. The normalized spacial score (nSPS) is 20.8. The van der Waals surface area contributed by atoms with Gasteiger partial charge in [0.25, 0.3) is 0 Å². The fraction of sp³-hybridized carbons (Fsp3) is 0.500. The lowest BCUT2D eigenvalue weighted by Crippen LogP contribution is -2.48. The molecule has 1 aliphatic rings. The van der Waals surface area contributed by atoms with Crippen LogP contribution in [0.25, 0.3) is 0 Å². The number of Topliss-reactive ketones (excluding diaryl/α,β-unsaturated/α-hetero) is 1. The molecule has 0 aliphatic carbocycles. The Labute approximate surface area is 111 Å². The van der Waals surface area contributed by atoms with Crippen molar-refractivity contribution in [1.82, 2.24) is 4.90 Å². The smallest absolute Gasteiger partial charge is 0.195 e. The first-order chi connectivity index (χ1) is 9.00. The molecule has 1 aliphatic heterocycles. The van der Waals surface area contributed by atoms with Crippen molar-refractivity contribution in [3.63, 3.8) is 0 Å². The van der Waals surface area contributed by atoms with E-state index in [1.54, 1.807) is 0 Å². The van der Waals surface area contributed by atoms with Crippen LogP contribution >= 0.6 is 0 Å². The minimum atomic E-state index is -1.10. The van der Waals surface area contributed by atoms with E-state index in [0.29, 0.717) is 13.2 Å². The second-order valence-electron chi connectivity index (χ2n) is 4.91. The number of morpholine rings is 1. The van der Waals surface area contributed by atoms with Crippen molar-refractivity contribution in [3.8, 4) is 0 Å². The van der Waals surface area contributed by atoms with Crippen molar-refractivity contribution in [3.05, 3.63) is 35.4 Å². The van der Waals surface area contributed by atoms with E-state index in [2.05, 4.69) is 4.90 Å². The standard InChI is InChI=1S/C14H17F2NO2/c1-9(2)17-6-7-19-12(8-17)14(18)10-4-3-5-11(15)13(10)16/h3-5,9,12H,6-8H2,1-2H3. The molecule has 1 unspecified atom stereocenters. The van der Waals surface area contributed by atoms with Gasteiger partial charge in [0.05, 0.1) is 12.2 Å². The van der Waals surface area contributed by atoms with Gasteiger partial charge in [0.15, 0.2) is 17.4 Å². The molecule has 1 fully saturated rings. The maximum Gasteiger partial charge on any atom is 0.195 e. The molecule has 5 heteroatoms. The molecule has 2 rings (SSSR count). The quantitative estimate of drug-likeness (QED) is 0.788. The summed E-state index contributed by atoms with van der Waals surface area (Å²) in [7, 11) is 0. The highest BCUT2D eigenvalue weighted by Gasteiger charge is 2.30. The van der Waals surface area contributed by atoms with Gasteiger partial charge in [0.2, 0.25) is 0 Å². The van der Waals surface area contributed by atoms with Crippen LogP contribution in [0.2, 0.25) is 0 Å². The molecule has 1 saturated heterocycles. The van der Waals surface area contributed by atoms with Crippen LogP contribution in [0.15, 0.2) is 18.2 Å². The van der Waals surface area contributed by atoms with Gasteiger partial charge < -0.3 is 4.74 Å². The molecule has 0 radical (unpaired) electrons. The summed E-state index contributed by atoms with van der Waals surface area (Å²) in [6, 6.07) is 3.90. The van der Waals surface area contributed by atoms with Crippen LogP contribution in [0.5, 0.6) is 0 Å². The molecule has 0 N–H and O–H groups in total. The third kappa shape index (κ3) is 2.98. The molecule has 0 bridgehead atoms. The zero-order valence-corrected chi connectivity index (χ0v) is 11.0. The number of ketones is 1. The third-order valence-corrected chi connectivity index (χ3v) is 3.34. The largest absolute Gasteiger partial charge is 0.367 e. The average molecular weight is 269 g/mol. The van der Waals surface area contributed by atoms with E-state index in [4.69, 9.17) is 4.74 Å². The van der Waals surface area contributed by atoms with E-state index in [0.717, 1.165) is 12.6 Å². The topological polar surface area (TPSA) is 29.5 Å². The second-order valence-corrected chi connectivity index (χ2v) is 4.91. The zero-order chi connectivity index (χ0) is 14.0. The van der Waals surface area contributed by atoms with E-state index in [1.165, 1.54) is 12.1 Å². The number of carbonyl (C=O) groups excluding carboxylic acids is 1. The van der Waals surface area contributed by atoms with Crippen LogP contribution in [-0.2, 0) is 4.74 Å². The Kier molecular flexibility index (Phi) is 4.27. The summed E-state index contributed by atoms with van der Waals surface area (Å²) in [6.45, 7) is 5.62. The second kappa shape index (κ2) is 5.75. The van der Waals surface area contributed by atoms with Gasteiger partial charge in [0, 0.05) is 19.1 Å². The van der Waals surface area contributed by atoms with Crippen LogP contribution in [0.4, 0.5) is 8.78 Å². The van der Waals surface area contributed by atoms with Crippen molar-refractivity contribution in [2.45, 2.75) is 26.0 Å². The van der Waals surface area contributed by atoms with Crippen molar-refractivity contribution < 1.29 is 18.3 Å². The summed E-state index contributed by atoms with van der Waals surface area (Å²) in [5, 5.41) is 0. The van der Waals surface area contributed by atoms with Gasteiger partial charge in [-0.25, -0.2) is 8.78 Å². The lowest BCUT2D eigenvalue weighted by molar-refractivity contribution is -0.0258. The Bertz CT molecular complexity index is 477. The van der Waals surface area contributed by atoms with Gasteiger partial charge in [0.1, 0.15) is 6.10 Å². The van der Waals surface area contributed by atoms with Crippen LogP contribution in [0.1, 0.15) is 24.2 Å². The maximum absolute atomic E-state index is 13.6. The number of ether oxygens (including phenoxy) is 1. The molecule has 3 nitrogen and oxygen atoms in total. The highest BCUT2D eigenvalue weighted by atomic mass is 19.2. The van der Waals surface area contributed by atoms with Crippen LogP contribution in [0, 0.1) is 11.6 Å². The van der Waals surface area contributed by atoms with Crippen molar-refractivity contribution >= 4 is 5.78 Å². The number of rotatable bonds is 3. The van der Waals surface area contributed by atoms with Gasteiger partial charge in [-0.1, -0.05) is 6.07 Å². The minimum Gasteiger partial charge on any atom is -0.367 e. The van der Waals surface area contributed by atoms with Crippen molar-refractivity contribution in [1.29, 1.82) is 0 Å². The summed E-state index contributed by atoms with van der Waals surface area (Å²) in [4.78, 5) is 14.3. The van der Waals surface area contributed by atoms with Gasteiger partial charge >= 0.3 is 0 Å². The summed E-state index contributed by atoms with van der Waals surface area (Å²) >= 11 is 0. The molecule has 0 spiro atoms. The predicted octanol–water partition coefficient (Wildman–Crippen LogP) is 2.26. The SMILES string of the molecule is CC(C)N1CCOC(C(=O)c2cccc(F)c2F)C1. The Morgan fingerprint density at radius 1 is 1.42 bits per heavy atom. The molecule has 1 aromatic rings. The highest BCUT2D eigenvalue weighted by molar-refractivity contribution is 6.00. The number of nitrogens with zero attached hydrogens (tertiary/aromatic N) is 1. The van der Waals surface area contributed by atoms with Crippen molar-refractivity contribution in [2.24, 2.45) is 0 Å². The summed E-state index contributed by atoms with van der Waals surface area (Å²) in [6.07, 6.45) is -0.729. The summed E-state index contributed by atoms with van der Waals surface area (Å²) < 4.78 is 32.1. The Hall–Kier alpha value is -1.33. The number of hydrogen-bond acceptors (Lipinski definition) is 3. The first kappa shape index (κ1) is 14.1. The molecule has 0 amide bonds. The first-order valence-electron chi connectivity index (χ1n) is 6.34. The fourth-order valence-electron chi connectivity index (χ4n) is 2.16. The van der Waals surface area contributed by atoms with Gasteiger partial charge in [-0.3, -0.25) is 9.69 Å². The minimum absolute atomic E-state index is 0.240. The molecular formula is C14H17F2NO2. The van der Waals surface area contributed by atoms with Crippen LogP contribution < -0.4 is 0 Å². The average Bonchev–Trinajstić information content (AvgIpc) is 2.41. The van der Waals surface area contributed by atoms with E-state index in [1.807, 2.05) is 13.8 Å². The highest BCUT2D eigenvalue weighted by Crippen LogP contribution is 2.17. The third-order valence-electron chi connectivity index (χ3n) is 3.34. The fourth-order valence-corrected chi connectivity index (χ4v) is 2.16. The lowest BCUT2D eigenvalue weighted by Gasteiger charge is -2.34. The molecule has 0 aromatic heterocycles. The Balaban J connectivity index is 2.17. The maximum atomic E-state index is 13.6. The van der Waals surface area contributed by atoms with Gasteiger partial charge in [-0.15, -0.1) is 0 Å². The van der Waals surface area contributed by atoms with E-state index in [-0.39, 0.29) is 11.6 Å². The van der Waals surface area contributed by atoms with E-state index in [9.17, 15) is 13.6 Å². The molecule has 0 saturated carbocycles. The first-order valence-corrected chi connectivity index (χ1v) is 6.34. The Morgan fingerprint density at radius 2 is 2.16 bits per heavy atom. The molecule has 1 aromatic carbocycles. The molecule has 104 valence electrons. The number of halogens is 2. The van der Waals surface area contributed by atoms with Crippen molar-refractivity contribution in [2.75, 3.05) is 19.7 Å². The molecule has 1 heterocycles. The summed E-state index contributed by atoms with van der Waals surface area (Å²) in [5.74, 6) is -2.61. The lowest BCUT2D eigenvalue weighted by atomic mass is 10.0. The van der Waals surface area contributed by atoms with E-state index < -0.39 is 23.5 Å². The van der Waals surface area contributed by atoms with E-state index >= 15 is 0 Å². The number of benzene rings is 1.